The van der Waals surface area contributed by atoms with E-state index in [1.54, 1.807) is 0 Å². The number of carbonyl (C=O) groups excluding carboxylic acids is 1. The van der Waals surface area contributed by atoms with Gasteiger partial charge in [-0.15, -0.1) is 0 Å². The van der Waals surface area contributed by atoms with Gasteiger partial charge in [-0.25, -0.2) is 18.2 Å². The number of alkyl halides is 5. The van der Waals surface area contributed by atoms with Crippen LogP contribution in [0.5, 0.6) is 0 Å². The largest absolute Gasteiger partial charge is 0.469 e. The monoisotopic (exact) mass is 287 g/mol. The van der Waals surface area contributed by atoms with E-state index in [0.29, 0.717) is 0 Å². The summed E-state index contributed by atoms with van der Waals surface area (Å²) in [7, 11) is 0.919. The molecule has 9 heteroatoms. The van der Waals surface area contributed by atoms with Crippen LogP contribution in [0.25, 0.3) is 0 Å². The molecule has 1 rings (SSSR count). The minimum Gasteiger partial charge on any atom is -0.469 e. The van der Waals surface area contributed by atoms with Crippen molar-refractivity contribution in [3.63, 3.8) is 0 Å². The van der Waals surface area contributed by atoms with Crippen molar-refractivity contribution in [1.82, 2.24) is 4.98 Å². The van der Waals surface area contributed by atoms with Crippen LogP contribution in [0, 0.1) is 5.82 Å². The average molecular weight is 287 g/mol. The second kappa shape index (κ2) is 5.45. The number of esters is 1. The van der Waals surface area contributed by atoms with Crippen molar-refractivity contribution in [1.29, 1.82) is 0 Å². The standard InChI is InChI=1S/C10H7F6NO2/c1-19-7(18)3-5-8(11)4(9(12)13)2-6(17-5)10(14,15)16/h2,9H,3H2,1H3. The predicted octanol–water partition coefficient (Wildman–Crippen LogP) is 2.89. The first-order valence-corrected chi connectivity index (χ1v) is 4.78. The number of halogens is 6. The van der Waals surface area contributed by atoms with Crippen molar-refractivity contribution in [3.8, 4) is 0 Å². The van der Waals surface area contributed by atoms with Gasteiger partial charge >= 0.3 is 12.1 Å². The molecular formula is C10H7F6NO2. The molecule has 1 aromatic rings. The molecule has 0 aliphatic rings. The molecule has 1 heterocycles. The smallest absolute Gasteiger partial charge is 0.433 e. The molecule has 3 nitrogen and oxygen atoms in total. The van der Waals surface area contributed by atoms with E-state index in [0.717, 1.165) is 7.11 Å². The Morgan fingerprint density at radius 2 is 2.00 bits per heavy atom. The molecule has 0 radical (unpaired) electrons. The SMILES string of the molecule is COC(=O)Cc1nc(C(F)(F)F)cc(C(F)F)c1F. The van der Waals surface area contributed by atoms with Crippen LogP contribution in [0.1, 0.15) is 23.4 Å². The fraction of sp³-hybridized carbons (Fsp3) is 0.400. The number of hydrogen-bond acceptors (Lipinski definition) is 3. The quantitative estimate of drug-likeness (QED) is 0.634. The summed E-state index contributed by atoms with van der Waals surface area (Å²) in [4.78, 5) is 13.7. The van der Waals surface area contributed by atoms with Crippen molar-refractivity contribution in [2.45, 2.75) is 19.0 Å². The van der Waals surface area contributed by atoms with E-state index >= 15 is 0 Å². The van der Waals surface area contributed by atoms with Crippen molar-refractivity contribution < 1.29 is 35.9 Å². The maximum atomic E-state index is 13.5. The molecule has 0 unspecified atom stereocenters. The molecule has 0 N–H and O–H groups in total. The fourth-order valence-corrected chi connectivity index (χ4v) is 1.23. The molecule has 0 aliphatic carbocycles. The third kappa shape index (κ3) is 3.58. The lowest BCUT2D eigenvalue weighted by Gasteiger charge is -2.12. The molecule has 0 saturated heterocycles. The fourth-order valence-electron chi connectivity index (χ4n) is 1.23. The van der Waals surface area contributed by atoms with Crippen molar-refractivity contribution in [2.75, 3.05) is 7.11 Å². The summed E-state index contributed by atoms with van der Waals surface area (Å²) >= 11 is 0. The Hall–Kier alpha value is -1.80. The maximum Gasteiger partial charge on any atom is 0.433 e. The molecule has 0 atom stereocenters. The lowest BCUT2D eigenvalue weighted by molar-refractivity contribution is -0.143. The van der Waals surface area contributed by atoms with Gasteiger partial charge < -0.3 is 4.74 Å². The van der Waals surface area contributed by atoms with Gasteiger partial charge in [-0.2, -0.15) is 13.2 Å². The Morgan fingerprint density at radius 1 is 1.42 bits per heavy atom. The van der Waals surface area contributed by atoms with Crippen LogP contribution in [-0.4, -0.2) is 18.1 Å². The molecule has 19 heavy (non-hydrogen) atoms. The molecule has 1 aromatic heterocycles. The van der Waals surface area contributed by atoms with Gasteiger partial charge in [0.25, 0.3) is 6.43 Å². The van der Waals surface area contributed by atoms with E-state index < -0.39 is 47.8 Å². The first kappa shape index (κ1) is 15.3. The summed E-state index contributed by atoms with van der Waals surface area (Å²) < 4.78 is 79.7. The Labute approximate surface area is 103 Å². The molecule has 0 saturated carbocycles. The number of nitrogens with zero attached hydrogens (tertiary/aromatic N) is 1. The van der Waals surface area contributed by atoms with Crippen LogP contribution in [0.3, 0.4) is 0 Å². The molecular weight excluding hydrogens is 280 g/mol. The van der Waals surface area contributed by atoms with Gasteiger partial charge in [0.1, 0.15) is 5.69 Å². The van der Waals surface area contributed by atoms with Gasteiger partial charge in [0, 0.05) is 0 Å². The van der Waals surface area contributed by atoms with Gasteiger partial charge in [-0.05, 0) is 6.07 Å². The van der Waals surface area contributed by atoms with Gasteiger partial charge in [-0.1, -0.05) is 0 Å². The second-order valence-electron chi connectivity index (χ2n) is 3.41. The molecule has 106 valence electrons. The highest BCUT2D eigenvalue weighted by Gasteiger charge is 2.35. The number of methoxy groups -OCH3 is 1. The first-order valence-electron chi connectivity index (χ1n) is 4.78. The highest BCUT2D eigenvalue weighted by Crippen LogP contribution is 2.32. The molecule has 0 amide bonds. The predicted molar refractivity (Wildman–Crippen MR) is 49.9 cm³/mol. The first-order chi connectivity index (χ1) is 8.66. The minimum absolute atomic E-state index is 0.0826. The van der Waals surface area contributed by atoms with Crippen LogP contribution >= 0.6 is 0 Å². The number of ether oxygens (including phenoxy) is 1. The molecule has 0 spiro atoms. The zero-order valence-electron chi connectivity index (χ0n) is 9.39. The average Bonchev–Trinajstić information content (AvgIpc) is 2.29. The van der Waals surface area contributed by atoms with E-state index in [9.17, 15) is 31.1 Å². The number of pyridine rings is 1. The molecule has 0 aromatic carbocycles. The van der Waals surface area contributed by atoms with Gasteiger partial charge in [-0.3, -0.25) is 4.79 Å². The number of aromatic nitrogens is 1. The summed E-state index contributed by atoms with van der Waals surface area (Å²) in [6.07, 6.45) is -9.45. The summed E-state index contributed by atoms with van der Waals surface area (Å²) in [5, 5.41) is 0. The summed E-state index contributed by atoms with van der Waals surface area (Å²) in [6.45, 7) is 0. The van der Waals surface area contributed by atoms with Gasteiger partial charge in [0.05, 0.1) is 24.8 Å². The van der Waals surface area contributed by atoms with Crippen molar-refractivity contribution in [3.05, 3.63) is 28.8 Å². The van der Waals surface area contributed by atoms with E-state index in [2.05, 4.69) is 9.72 Å². The third-order valence-electron chi connectivity index (χ3n) is 2.12. The second-order valence-corrected chi connectivity index (χ2v) is 3.41. The maximum absolute atomic E-state index is 13.5. The lowest BCUT2D eigenvalue weighted by Crippen LogP contribution is -2.16. The van der Waals surface area contributed by atoms with Crippen LogP contribution in [0.2, 0.25) is 0 Å². The Morgan fingerprint density at radius 3 is 2.42 bits per heavy atom. The third-order valence-corrected chi connectivity index (χ3v) is 2.12. The number of rotatable bonds is 3. The summed E-state index contributed by atoms with van der Waals surface area (Å²) in [5.74, 6) is -2.74. The van der Waals surface area contributed by atoms with E-state index in [-0.39, 0.29) is 6.07 Å². The molecule has 0 aliphatic heterocycles. The molecule has 0 fully saturated rings. The van der Waals surface area contributed by atoms with E-state index in [1.165, 1.54) is 0 Å². The number of carbonyl (C=O) groups is 1. The van der Waals surface area contributed by atoms with Crippen LogP contribution in [0.15, 0.2) is 6.07 Å². The van der Waals surface area contributed by atoms with E-state index in [4.69, 9.17) is 0 Å². The van der Waals surface area contributed by atoms with Crippen molar-refractivity contribution >= 4 is 5.97 Å². The van der Waals surface area contributed by atoms with Gasteiger partial charge in [0.15, 0.2) is 5.82 Å². The lowest BCUT2D eigenvalue weighted by atomic mass is 10.1. The molecule has 0 bridgehead atoms. The van der Waals surface area contributed by atoms with Crippen LogP contribution in [0.4, 0.5) is 26.3 Å². The Balaban J connectivity index is 3.36. The zero-order valence-corrected chi connectivity index (χ0v) is 9.39. The zero-order chi connectivity index (χ0) is 14.8. The number of hydrogen-bond donors (Lipinski definition) is 0. The van der Waals surface area contributed by atoms with Gasteiger partial charge in [0.2, 0.25) is 0 Å². The highest BCUT2D eigenvalue weighted by atomic mass is 19.4. The summed E-state index contributed by atoms with van der Waals surface area (Å²) in [6, 6.07) is -0.0826. The Kier molecular flexibility index (Phi) is 4.38. The topological polar surface area (TPSA) is 39.2 Å². The minimum atomic E-state index is -5.03. The van der Waals surface area contributed by atoms with Crippen LogP contribution < -0.4 is 0 Å². The van der Waals surface area contributed by atoms with E-state index in [1.807, 2.05) is 0 Å². The summed E-state index contributed by atoms with van der Waals surface area (Å²) in [5.41, 5.74) is -4.18. The van der Waals surface area contributed by atoms with Crippen molar-refractivity contribution in [2.24, 2.45) is 0 Å². The van der Waals surface area contributed by atoms with Crippen LogP contribution in [-0.2, 0) is 22.1 Å². The Bertz CT molecular complexity index is 486. The normalized spacial score (nSPS) is 11.8. The highest BCUT2D eigenvalue weighted by molar-refractivity contribution is 5.72.